The molecule has 0 saturated heterocycles. The third-order valence-corrected chi connectivity index (χ3v) is 8.46. The van der Waals surface area contributed by atoms with Gasteiger partial charge in [0, 0.05) is 0 Å². The molecule has 0 spiro atoms. The van der Waals surface area contributed by atoms with Gasteiger partial charge in [0.05, 0.1) is 0 Å². The predicted molar refractivity (Wildman–Crippen MR) is 82.9 cm³/mol. The topological polar surface area (TPSA) is 51.3 Å². The van der Waals surface area contributed by atoms with Crippen molar-refractivity contribution in [3.05, 3.63) is 18.2 Å². The Morgan fingerprint density at radius 2 is 1.53 bits per heavy atom. The Hall–Kier alpha value is -1.07. The molecule has 0 atom stereocenters. The second-order valence-electron chi connectivity index (χ2n) is 5.33. The number of rotatable bonds is 4. The number of nitrogens with one attached hydrogen (secondary N) is 1. The Labute approximate surface area is 114 Å². The van der Waals surface area contributed by atoms with Crippen molar-refractivity contribution in [1.29, 1.82) is 0 Å². The molecule has 6 nitrogen and oxygen atoms in total. The Balaban J connectivity index is 2.77. The van der Waals surface area contributed by atoms with E-state index in [-0.39, 0.29) is 0 Å². The molecule has 2 aromatic rings. The number of hydrogen-bond acceptors (Lipinski definition) is 5. The first kappa shape index (κ1) is 14.3. The fraction of sp³-hybridized carbons (Fsp3) is 0.500. The molecule has 0 aliphatic carbocycles. The van der Waals surface area contributed by atoms with Crippen LogP contribution in [0.4, 0.5) is 0 Å². The number of H-pyrrole nitrogens is 1. The molecule has 0 bridgehead atoms. The molecule has 106 valence electrons. The zero-order valence-corrected chi connectivity index (χ0v) is 13.5. The van der Waals surface area contributed by atoms with E-state index in [4.69, 9.17) is 0 Å². The van der Waals surface area contributed by atoms with E-state index in [1.54, 1.807) is 0 Å². The van der Waals surface area contributed by atoms with Crippen LogP contribution < -0.4 is 5.30 Å². The average molecular weight is 282 g/mol. The normalized spacial score (nSPS) is 13.9. The fourth-order valence-corrected chi connectivity index (χ4v) is 7.73. The third kappa shape index (κ3) is 2.05. The summed E-state index contributed by atoms with van der Waals surface area (Å²) in [5, 5.41) is 12.4. The van der Waals surface area contributed by atoms with Crippen molar-refractivity contribution in [3.8, 4) is 0 Å². The summed E-state index contributed by atoms with van der Waals surface area (Å²) in [4.78, 5) is 0. The molecule has 0 aliphatic heterocycles. The molecule has 1 aromatic heterocycles. The molecule has 0 saturated carbocycles. The van der Waals surface area contributed by atoms with E-state index in [0.717, 1.165) is 11.0 Å². The molecular formula is C12H23N6P. The van der Waals surface area contributed by atoms with E-state index < -0.39 is 7.71 Å². The Bertz CT molecular complexity index is 540. The van der Waals surface area contributed by atoms with Gasteiger partial charge in [-0.2, -0.15) is 0 Å². The van der Waals surface area contributed by atoms with Crippen LogP contribution in [-0.2, 0) is 0 Å². The zero-order chi connectivity index (χ0) is 14.2. The van der Waals surface area contributed by atoms with Crippen LogP contribution in [0.1, 0.15) is 0 Å². The number of aromatic amines is 1. The molecule has 0 aliphatic rings. The predicted octanol–water partition coefficient (Wildman–Crippen LogP) is 0.763. The Morgan fingerprint density at radius 3 is 2.05 bits per heavy atom. The second-order valence-corrected chi connectivity index (χ2v) is 9.83. The van der Waals surface area contributed by atoms with Gasteiger partial charge < -0.3 is 0 Å². The van der Waals surface area contributed by atoms with Gasteiger partial charge in [-0.05, 0) is 0 Å². The van der Waals surface area contributed by atoms with Crippen molar-refractivity contribution in [3.63, 3.8) is 0 Å². The third-order valence-electron chi connectivity index (χ3n) is 3.59. The van der Waals surface area contributed by atoms with E-state index in [1.807, 2.05) is 6.07 Å². The molecular weight excluding hydrogens is 259 g/mol. The van der Waals surface area contributed by atoms with E-state index in [9.17, 15) is 0 Å². The van der Waals surface area contributed by atoms with Crippen molar-refractivity contribution in [2.24, 2.45) is 0 Å². The maximum atomic E-state index is 4.28. The van der Waals surface area contributed by atoms with Crippen molar-refractivity contribution in [1.82, 2.24) is 29.4 Å². The monoisotopic (exact) mass is 282 g/mol. The molecule has 19 heavy (non-hydrogen) atoms. The van der Waals surface area contributed by atoms with Crippen molar-refractivity contribution >= 4 is 24.1 Å². The standard InChI is InChI=1S/C12H23N6P/c1-16(2)19(17(3)4,18(5)6)11-9-7-8-10-12(11)14-15-13-10/h7-9,19H,1-6H3,(H,13,14,15). The minimum absolute atomic E-state index is 0.963. The van der Waals surface area contributed by atoms with Gasteiger partial charge in [-0.15, -0.1) is 0 Å². The van der Waals surface area contributed by atoms with E-state index in [2.05, 4.69) is 83.8 Å². The van der Waals surface area contributed by atoms with Gasteiger partial charge in [-0.1, -0.05) is 0 Å². The number of benzene rings is 1. The number of fused-ring (bicyclic) bond motifs is 1. The van der Waals surface area contributed by atoms with E-state index >= 15 is 0 Å². The molecule has 1 N–H and O–H groups in total. The molecule has 1 aromatic carbocycles. The summed E-state index contributed by atoms with van der Waals surface area (Å²) >= 11 is 0. The van der Waals surface area contributed by atoms with Crippen LogP contribution in [0.3, 0.4) is 0 Å². The summed E-state index contributed by atoms with van der Waals surface area (Å²) in [5.41, 5.74) is 1.95. The number of hydrogen-bond donors (Lipinski definition) is 1. The van der Waals surface area contributed by atoms with Crippen LogP contribution in [0.25, 0.3) is 11.0 Å². The number of aromatic nitrogens is 3. The van der Waals surface area contributed by atoms with E-state index in [1.165, 1.54) is 5.30 Å². The Kier molecular flexibility index (Phi) is 3.87. The summed E-state index contributed by atoms with van der Waals surface area (Å²) in [5.74, 6) is 0. The van der Waals surface area contributed by atoms with Gasteiger partial charge in [0.25, 0.3) is 0 Å². The molecule has 1 heterocycles. The molecule has 0 fully saturated rings. The molecule has 0 unspecified atom stereocenters. The van der Waals surface area contributed by atoms with Crippen molar-refractivity contribution in [2.45, 2.75) is 0 Å². The minimum atomic E-state index is -2.15. The summed E-state index contributed by atoms with van der Waals surface area (Å²) in [6.45, 7) is 0. The summed E-state index contributed by atoms with van der Waals surface area (Å²) in [6.07, 6.45) is 0. The van der Waals surface area contributed by atoms with Gasteiger partial charge in [-0.3, -0.25) is 0 Å². The van der Waals surface area contributed by atoms with Gasteiger partial charge in [0.2, 0.25) is 0 Å². The molecule has 2 rings (SSSR count). The molecule has 7 heteroatoms. The van der Waals surface area contributed by atoms with Gasteiger partial charge >= 0.3 is 114 Å². The van der Waals surface area contributed by atoms with Crippen LogP contribution in [0, 0.1) is 0 Å². The average Bonchev–Trinajstić information content (AvgIpc) is 2.76. The van der Waals surface area contributed by atoms with Crippen LogP contribution in [0.5, 0.6) is 0 Å². The first-order valence-electron chi connectivity index (χ1n) is 6.25. The van der Waals surface area contributed by atoms with Crippen molar-refractivity contribution < 1.29 is 0 Å². The first-order valence-corrected chi connectivity index (χ1v) is 8.09. The summed E-state index contributed by atoms with van der Waals surface area (Å²) in [6, 6.07) is 6.24. The summed E-state index contributed by atoms with van der Waals surface area (Å²) in [7, 11) is 10.6. The zero-order valence-electron chi connectivity index (χ0n) is 12.5. The van der Waals surface area contributed by atoms with Gasteiger partial charge in [0.15, 0.2) is 0 Å². The fourth-order valence-electron chi connectivity index (χ4n) is 3.06. The quantitative estimate of drug-likeness (QED) is 0.839. The van der Waals surface area contributed by atoms with Crippen LogP contribution >= 0.6 is 7.71 Å². The van der Waals surface area contributed by atoms with Gasteiger partial charge in [0.1, 0.15) is 0 Å². The molecule has 0 radical (unpaired) electrons. The Morgan fingerprint density at radius 1 is 0.947 bits per heavy atom. The van der Waals surface area contributed by atoms with Gasteiger partial charge in [-0.25, -0.2) is 0 Å². The SMILES string of the molecule is CN(C)[PH](c1cccc2[nH]nnc12)(N(C)C)N(C)C. The second kappa shape index (κ2) is 5.13. The molecule has 0 amide bonds. The summed E-state index contributed by atoms with van der Waals surface area (Å²) < 4.78 is 6.95. The van der Waals surface area contributed by atoms with Crippen LogP contribution in [-0.4, -0.2) is 71.7 Å². The van der Waals surface area contributed by atoms with Crippen molar-refractivity contribution in [2.75, 3.05) is 42.3 Å². The van der Waals surface area contributed by atoms with E-state index in [0.29, 0.717) is 0 Å². The maximum absolute atomic E-state index is 4.28. The first-order chi connectivity index (χ1) is 8.92. The number of nitrogens with zero attached hydrogens (tertiary/aromatic N) is 5. The van der Waals surface area contributed by atoms with Crippen LogP contribution in [0.2, 0.25) is 0 Å². The van der Waals surface area contributed by atoms with Crippen LogP contribution in [0.15, 0.2) is 18.2 Å².